The van der Waals surface area contributed by atoms with Crippen LogP contribution < -0.4 is 0 Å². The Hall–Kier alpha value is -1.42. The molecule has 3 unspecified atom stereocenters. The highest BCUT2D eigenvalue weighted by Crippen LogP contribution is 2.77. The number of rotatable bonds is 4. The van der Waals surface area contributed by atoms with Crippen molar-refractivity contribution in [1.29, 1.82) is 0 Å². The summed E-state index contributed by atoms with van der Waals surface area (Å²) >= 11 is 4.27. The van der Waals surface area contributed by atoms with Gasteiger partial charge in [0, 0.05) is 5.92 Å². The lowest BCUT2D eigenvalue weighted by molar-refractivity contribution is -0.197. The van der Waals surface area contributed by atoms with Gasteiger partial charge in [0.2, 0.25) is 0 Å². The highest BCUT2D eigenvalue weighted by molar-refractivity contribution is 9.11. The zero-order chi connectivity index (χ0) is 30.3. The van der Waals surface area contributed by atoms with Gasteiger partial charge < -0.3 is 9.53 Å². The number of halogens is 1. The van der Waals surface area contributed by atoms with Gasteiger partial charge in [0.05, 0.1) is 5.41 Å². The predicted molar refractivity (Wildman–Crippen MR) is 173 cm³/mol. The minimum atomic E-state index is -0.438. The van der Waals surface area contributed by atoms with Crippen molar-refractivity contribution < 1.29 is 14.3 Å². The van der Waals surface area contributed by atoms with E-state index in [1.165, 1.54) is 23.6 Å². The normalized spacial score (nSPS) is 43.7. The summed E-state index contributed by atoms with van der Waals surface area (Å²) in [5, 5.41) is 0. The molecule has 5 aliphatic carbocycles. The lowest BCUT2D eigenvalue weighted by Gasteiger charge is -2.71. The zero-order valence-corrected chi connectivity index (χ0v) is 28.7. The Morgan fingerprint density at radius 2 is 1.60 bits per heavy atom. The first kappa shape index (κ1) is 30.6. The Labute approximate surface area is 263 Å². The summed E-state index contributed by atoms with van der Waals surface area (Å²) in [4.78, 5) is 26.4. The van der Waals surface area contributed by atoms with Crippen molar-refractivity contribution in [3.05, 3.63) is 46.0 Å². The van der Waals surface area contributed by atoms with Crippen molar-refractivity contribution in [1.82, 2.24) is 0 Å². The smallest absolute Gasteiger partial charge is 0.313 e. The Kier molecular flexibility index (Phi) is 7.32. The van der Waals surface area contributed by atoms with Crippen LogP contribution in [0, 0.1) is 56.2 Å². The molecule has 0 spiro atoms. The first-order chi connectivity index (χ1) is 19.6. The van der Waals surface area contributed by atoms with E-state index >= 15 is 0 Å². The largest absolute Gasteiger partial charge is 0.460 e. The summed E-state index contributed by atoms with van der Waals surface area (Å²) in [5.74, 6) is 1.52. The van der Waals surface area contributed by atoms with Crippen LogP contribution in [0.3, 0.4) is 0 Å². The summed E-state index contributed by atoms with van der Waals surface area (Å²) in [7, 11) is 0. The average molecular weight is 638 g/mol. The van der Waals surface area contributed by atoms with E-state index in [0.29, 0.717) is 18.4 Å². The molecule has 0 N–H and O–H groups in total. The van der Waals surface area contributed by atoms with E-state index in [-0.39, 0.29) is 44.9 Å². The Morgan fingerprint density at radius 1 is 0.905 bits per heavy atom. The Morgan fingerprint density at radius 3 is 2.29 bits per heavy atom. The van der Waals surface area contributed by atoms with Crippen molar-refractivity contribution >= 4 is 28.2 Å². The highest BCUT2D eigenvalue weighted by atomic mass is 79.9. The first-order valence-electron chi connectivity index (χ1n) is 16.7. The van der Waals surface area contributed by atoms with Gasteiger partial charge in [-0.25, -0.2) is 0 Å². The molecule has 4 fully saturated rings. The van der Waals surface area contributed by atoms with Crippen LogP contribution in [0.15, 0.2) is 40.4 Å². The molecule has 0 aromatic heterocycles. The number of carbonyl (C=O) groups excluding carboxylic acids is 2. The minimum Gasteiger partial charge on any atom is -0.460 e. The van der Waals surface area contributed by atoms with Gasteiger partial charge in [-0.2, -0.15) is 0 Å². The van der Waals surface area contributed by atoms with Gasteiger partial charge in [0.15, 0.2) is 0 Å². The molecule has 1 aromatic carbocycles. The summed E-state index contributed by atoms with van der Waals surface area (Å²) < 4.78 is 7.58. The van der Waals surface area contributed by atoms with E-state index < -0.39 is 5.41 Å². The summed E-state index contributed by atoms with van der Waals surface area (Å²) in [6, 6.07) is 10.1. The molecule has 230 valence electrons. The Bertz CT molecular complexity index is 1280. The van der Waals surface area contributed by atoms with Crippen LogP contribution in [-0.4, -0.2) is 12.3 Å². The molecule has 0 heterocycles. The van der Waals surface area contributed by atoms with Crippen molar-refractivity contribution in [3.63, 3.8) is 0 Å². The highest BCUT2D eigenvalue weighted by Gasteiger charge is 2.70. The van der Waals surface area contributed by atoms with Gasteiger partial charge in [0.1, 0.15) is 12.9 Å². The van der Waals surface area contributed by atoms with E-state index in [1.54, 1.807) is 5.57 Å². The molecular weight excluding hydrogens is 584 g/mol. The quantitative estimate of drug-likeness (QED) is 0.244. The number of carbonyl (C=O) groups is 2. The molecule has 0 aliphatic heterocycles. The molecule has 0 bridgehead atoms. The maximum atomic E-state index is 14.3. The Balaban J connectivity index is 1.40. The number of aldehydes is 1. The number of hydrogen-bond donors (Lipinski definition) is 0. The fraction of sp³-hybridized carbons (Fsp3) is 0.737. The van der Waals surface area contributed by atoms with Gasteiger partial charge in [-0.05, 0) is 125 Å². The molecule has 0 amide bonds. The van der Waals surface area contributed by atoms with E-state index in [0.717, 1.165) is 56.9 Å². The second kappa shape index (κ2) is 10.0. The fourth-order valence-corrected chi connectivity index (χ4v) is 12.8. The van der Waals surface area contributed by atoms with Crippen LogP contribution in [0.25, 0.3) is 0 Å². The molecule has 5 aliphatic rings. The lowest BCUT2D eigenvalue weighted by Crippen LogP contribution is -2.65. The van der Waals surface area contributed by atoms with Crippen molar-refractivity contribution in [3.8, 4) is 0 Å². The zero-order valence-electron chi connectivity index (χ0n) is 27.2. The van der Waals surface area contributed by atoms with E-state index in [4.69, 9.17) is 4.74 Å². The minimum absolute atomic E-state index is 0.0265. The maximum absolute atomic E-state index is 14.3. The topological polar surface area (TPSA) is 43.4 Å². The molecule has 8 atom stereocenters. The third-order valence-corrected chi connectivity index (χ3v) is 15.3. The maximum Gasteiger partial charge on any atom is 0.313 e. The summed E-state index contributed by atoms with van der Waals surface area (Å²) in [6.07, 6.45) is 11.9. The number of hydrogen-bond acceptors (Lipinski definition) is 3. The van der Waals surface area contributed by atoms with Crippen LogP contribution in [0.5, 0.6) is 0 Å². The number of benzene rings is 1. The standard InChI is InChI=1S/C38H53BrO3/c1-33(2)17-19-38(32(41)42-24-25-11-9-8-10-12-25)20-18-37(7)31(27(38)22-33)28(39)21-30-35(5)15-13-26(23-40)34(3,4)29(35)14-16-36(30,37)6/h8-12,23,26-27,29-30H,13-22,24H2,1-7H3/t26-,27?,29?,30?,35+,36-,37-,38+/m1/s1. The second-order valence-electron chi connectivity index (χ2n) is 17.2. The molecule has 4 heteroatoms. The van der Waals surface area contributed by atoms with Crippen molar-refractivity contribution in [2.75, 3.05) is 0 Å². The van der Waals surface area contributed by atoms with Crippen molar-refractivity contribution in [2.45, 2.75) is 119 Å². The molecule has 1 aromatic rings. The molecule has 0 radical (unpaired) electrons. The third kappa shape index (κ3) is 4.22. The third-order valence-electron chi connectivity index (χ3n) is 14.6. The lowest BCUT2D eigenvalue weighted by atomic mass is 9.33. The fourth-order valence-electron chi connectivity index (χ4n) is 11.8. The van der Waals surface area contributed by atoms with Gasteiger partial charge >= 0.3 is 5.97 Å². The first-order valence-corrected chi connectivity index (χ1v) is 17.5. The second-order valence-corrected chi connectivity index (χ2v) is 18.1. The van der Waals surface area contributed by atoms with Gasteiger partial charge in [-0.1, -0.05) is 94.7 Å². The number of allylic oxidation sites excluding steroid dienone is 2. The van der Waals surface area contributed by atoms with E-state index in [9.17, 15) is 9.59 Å². The van der Waals surface area contributed by atoms with Crippen LogP contribution in [-0.2, 0) is 20.9 Å². The molecular formula is C38H53BrO3. The van der Waals surface area contributed by atoms with Crippen LogP contribution in [0.2, 0.25) is 0 Å². The SMILES string of the molecule is CC1(C)CC[C@]2(C(=O)OCc3ccccc3)CC[C@]3(C)C(=C(Br)CC4[C@@]5(C)CC[C@H](C=O)C(C)(C)C5CC[C@]43C)C2C1. The monoisotopic (exact) mass is 636 g/mol. The van der Waals surface area contributed by atoms with Crippen LogP contribution in [0.1, 0.15) is 118 Å². The van der Waals surface area contributed by atoms with Gasteiger partial charge in [0.25, 0.3) is 0 Å². The van der Waals surface area contributed by atoms with Crippen LogP contribution in [0.4, 0.5) is 0 Å². The van der Waals surface area contributed by atoms with Crippen molar-refractivity contribution in [2.24, 2.45) is 56.2 Å². The number of ether oxygens (including phenoxy) is 1. The molecule has 6 rings (SSSR count). The van der Waals surface area contributed by atoms with Crippen LogP contribution >= 0.6 is 15.9 Å². The molecule has 0 saturated heterocycles. The van der Waals surface area contributed by atoms with Gasteiger partial charge in [-0.3, -0.25) is 4.79 Å². The summed E-state index contributed by atoms with van der Waals surface area (Å²) in [6.45, 7) is 17.7. The summed E-state index contributed by atoms with van der Waals surface area (Å²) in [5.41, 5.74) is 2.81. The van der Waals surface area contributed by atoms with Gasteiger partial charge in [-0.15, -0.1) is 0 Å². The number of fused-ring (bicyclic) bond motifs is 7. The average Bonchev–Trinajstić information content (AvgIpc) is 2.93. The number of esters is 1. The molecule has 3 nitrogen and oxygen atoms in total. The predicted octanol–water partition coefficient (Wildman–Crippen LogP) is 10.1. The van der Waals surface area contributed by atoms with E-state index in [1.807, 2.05) is 30.3 Å². The molecule has 4 saturated carbocycles. The molecule has 42 heavy (non-hydrogen) atoms. The van der Waals surface area contributed by atoms with E-state index in [2.05, 4.69) is 64.4 Å².